The van der Waals surface area contributed by atoms with E-state index in [-0.39, 0.29) is 24.5 Å². The number of halogens is 4. The summed E-state index contributed by atoms with van der Waals surface area (Å²) in [4.78, 5) is 33.2. The highest BCUT2D eigenvalue weighted by Crippen LogP contribution is 2.55. The Hall–Kier alpha value is -2.49. The number of fused-ring (bicyclic) bond motifs is 2. The molecule has 6 nitrogen and oxygen atoms in total. The minimum absolute atomic E-state index is 0.0341. The Morgan fingerprint density at radius 1 is 1.33 bits per heavy atom. The first-order chi connectivity index (χ1) is 12.8. The standard InChI is InChI=1S/C17H12BrF3N4O2/c18-8-1-10-14(11(20)2-8)15(27)25(7-17(10)3-12(17)21)6-13(26)24-16-22-4-9(19)5-23-16/h1-2,4-5,12H,3,6-7H2,(H,22,23,24,26)/t12-,17-/m0/s1. The van der Waals surface area contributed by atoms with E-state index in [1.54, 1.807) is 6.07 Å². The maximum absolute atomic E-state index is 14.4. The zero-order chi connectivity index (χ0) is 19.3. The number of carbonyl (C=O) groups excluding carboxylic acids is 2. The van der Waals surface area contributed by atoms with Gasteiger partial charge in [-0.1, -0.05) is 15.9 Å². The molecule has 1 aromatic carbocycles. The molecule has 1 fully saturated rings. The first-order valence-corrected chi connectivity index (χ1v) is 8.80. The van der Waals surface area contributed by atoms with Gasteiger partial charge in [0.25, 0.3) is 5.91 Å². The molecular formula is C17H12BrF3N4O2. The lowest BCUT2D eigenvalue weighted by Crippen LogP contribution is -2.48. The highest BCUT2D eigenvalue weighted by molar-refractivity contribution is 9.10. The van der Waals surface area contributed by atoms with Gasteiger partial charge in [0.05, 0.1) is 18.0 Å². The Kier molecular flexibility index (Phi) is 4.17. The first-order valence-electron chi connectivity index (χ1n) is 8.00. The van der Waals surface area contributed by atoms with Crippen LogP contribution in [0.15, 0.2) is 29.0 Å². The summed E-state index contributed by atoms with van der Waals surface area (Å²) in [5.41, 5.74) is -0.888. The molecule has 1 aliphatic carbocycles. The summed E-state index contributed by atoms with van der Waals surface area (Å²) in [6.45, 7) is -0.462. The predicted octanol–water partition coefficient (Wildman–Crippen LogP) is 2.59. The van der Waals surface area contributed by atoms with Crippen LogP contribution >= 0.6 is 15.9 Å². The quantitative estimate of drug-likeness (QED) is 0.795. The number of amides is 2. The van der Waals surface area contributed by atoms with E-state index in [4.69, 9.17) is 0 Å². The first kappa shape index (κ1) is 17.9. The van der Waals surface area contributed by atoms with Crippen LogP contribution in [0.4, 0.5) is 19.1 Å². The second-order valence-corrected chi connectivity index (χ2v) is 7.49. The second kappa shape index (κ2) is 6.29. The molecule has 2 aliphatic rings. The molecule has 2 aromatic rings. The third-order valence-electron chi connectivity index (χ3n) is 4.75. The molecular weight excluding hydrogens is 429 g/mol. The van der Waals surface area contributed by atoms with E-state index < -0.39 is 41.6 Å². The number of alkyl halides is 1. The largest absolute Gasteiger partial charge is 0.328 e. The number of rotatable bonds is 3. The number of hydrogen-bond acceptors (Lipinski definition) is 4. The van der Waals surface area contributed by atoms with Gasteiger partial charge in [0.15, 0.2) is 5.82 Å². The summed E-state index contributed by atoms with van der Waals surface area (Å²) in [5.74, 6) is -2.90. The zero-order valence-corrected chi connectivity index (χ0v) is 15.3. The van der Waals surface area contributed by atoms with E-state index in [9.17, 15) is 22.8 Å². The molecule has 0 saturated heterocycles. The van der Waals surface area contributed by atoms with E-state index in [1.165, 1.54) is 0 Å². The van der Waals surface area contributed by atoms with Crippen molar-refractivity contribution in [1.82, 2.24) is 14.9 Å². The van der Waals surface area contributed by atoms with Crippen LogP contribution in [0.25, 0.3) is 0 Å². The van der Waals surface area contributed by atoms with Crippen LogP contribution in [0.1, 0.15) is 22.3 Å². The predicted molar refractivity (Wildman–Crippen MR) is 91.8 cm³/mol. The second-order valence-electron chi connectivity index (χ2n) is 6.57. The summed E-state index contributed by atoms with van der Waals surface area (Å²) >= 11 is 3.17. The normalized spacial score (nSPS) is 23.3. The smallest absolute Gasteiger partial charge is 0.257 e. The highest BCUT2D eigenvalue weighted by atomic mass is 79.9. The third kappa shape index (κ3) is 3.07. The molecule has 27 heavy (non-hydrogen) atoms. The lowest BCUT2D eigenvalue weighted by Gasteiger charge is -2.34. The monoisotopic (exact) mass is 440 g/mol. The number of nitrogens with one attached hydrogen (secondary N) is 1. The van der Waals surface area contributed by atoms with E-state index >= 15 is 0 Å². The lowest BCUT2D eigenvalue weighted by molar-refractivity contribution is -0.117. The Bertz CT molecular complexity index is 956. The van der Waals surface area contributed by atoms with Crippen molar-refractivity contribution >= 4 is 33.7 Å². The summed E-state index contributed by atoms with van der Waals surface area (Å²) in [5, 5.41) is 2.33. The van der Waals surface area contributed by atoms with Crippen molar-refractivity contribution in [2.45, 2.75) is 18.0 Å². The van der Waals surface area contributed by atoms with Crippen LogP contribution in [-0.2, 0) is 10.2 Å². The van der Waals surface area contributed by atoms with Crippen molar-refractivity contribution < 1.29 is 22.8 Å². The molecule has 0 bridgehead atoms. The third-order valence-corrected chi connectivity index (χ3v) is 5.21. The average Bonchev–Trinajstić information content (AvgIpc) is 3.24. The van der Waals surface area contributed by atoms with Gasteiger partial charge in [-0.15, -0.1) is 0 Å². The van der Waals surface area contributed by atoms with Crippen molar-refractivity contribution in [3.63, 3.8) is 0 Å². The van der Waals surface area contributed by atoms with Gasteiger partial charge in [-0.3, -0.25) is 14.9 Å². The fourth-order valence-electron chi connectivity index (χ4n) is 3.38. The zero-order valence-electron chi connectivity index (χ0n) is 13.7. The molecule has 1 saturated carbocycles. The van der Waals surface area contributed by atoms with Crippen LogP contribution in [0.3, 0.4) is 0 Å². The maximum atomic E-state index is 14.4. The molecule has 1 spiro atoms. The summed E-state index contributed by atoms with van der Waals surface area (Å²) in [6, 6.07) is 2.69. The van der Waals surface area contributed by atoms with Gasteiger partial charge < -0.3 is 4.90 Å². The van der Waals surface area contributed by atoms with E-state index in [2.05, 4.69) is 31.2 Å². The molecule has 10 heteroatoms. The summed E-state index contributed by atoms with van der Waals surface area (Å²) < 4.78 is 41.8. The Morgan fingerprint density at radius 2 is 2.00 bits per heavy atom. The lowest BCUT2D eigenvalue weighted by atomic mass is 9.86. The van der Waals surface area contributed by atoms with Gasteiger partial charge in [0.2, 0.25) is 11.9 Å². The molecule has 140 valence electrons. The van der Waals surface area contributed by atoms with Crippen molar-refractivity contribution in [3.8, 4) is 0 Å². The Balaban J connectivity index is 1.58. The number of aromatic nitrogens is 2. The van der Waals surface area contributed by atoms with Crippen molar-refractivity contribution in [1.29, 1.82) is 0 Å². The summed E-state index contributed by atoms with van der Waals surface area (Å²) in [6.07, 6.45) is 0.697. The van der Waals surface area contributed by atoms with Gasteiger partial charge >= 0.3 is 0 Å². The number of carbonyl (C=O) groups is 2. The fourth-order valence-corrected chi connectivity index (χ4v) is 3.81. The molecule has 1 aromatic heterocycles. The van der Waals surface area contributed by atoms with E-state index in [0.29, 0.717) is 10.0 Å². The molecule has 0 radical (unpaired) electrons. The molecule has 2 atom stereocenters. The minimum atomic E-state index is -1.22. The molecule has 4 rings (SSSR count). The molecule has 1 N–H and O–H groups in total. The number of benzene rings is 1. The topological polar surface area (TPSA) is 75.2 Å². The van der Waals surface area contributed by atoms with Crippen LogP contribution < -0.4 is 5.32 Å². The van der Waals surface area contributed by atoms with Gasteiger partial charge in [0.1, 0.15) is 18.5 Å². The van der Waals surface area contributed by atoms with Crippen LogP contribution in [0.2, 0.25) is 0 Å². The highest BCUT2D eigenvalue weighted by Gasteiger charge is 2.61. The van der Waals surface area contributed by atoms with Crippen LogP contribution in [0, 0.1) is 11.6 Å². The average molecular weight is 441 g/mol. The molecule has 0 unspecified atom stereocenters. The fraction of sp³-hybridized carbons (Fsp3) is 0.294. The van der Waals surface area contributed by atoms with E-state index in [0.717, 1.165) is 23.4 Å². The number of nitrogens with zero attached hydrogens (tertiary/aromatic N) is 3. The minimum Gasteiger partial charge on any atom is -0.328 e. The van der Waals surface area contributed by atoms with Gasteiger partial charge in [-0.05, 0) is 24.1 Å². The van der Waals surface area contributed by atoms with Crippen molar-refractivity contribution in [3.05, 3.63) is 51.8 Å². The Labute approximate surface area is 159 Å². The molecule has 1 aliphatic heterocycles. The van der Waals surface area contributed by atoms with E-state index in [1.807, 2.05) is 0 Å². The Morgan fingerprint density at radius 3 is 2.63 bits per heavy atom. The van der Waals surface area contributed by atoms with Gasteiger partial charge in [-0.25, -0.2) is 23.1 Å². The number of anilines is 1. The molecule has 2 heterocycles. The van der Waals surface area contributed by atoms with Crippen molar-refractivity contribution in [2.24, 2.45) is 0 Å². The maximum Gasteiger partial charge on any atom is 0.257 e. The molecule has 2 amide bonds. The van der Waals surface area contributed by atoms with Crippen LogP contribution in [-0.4, -0.2) is 45.9 Å². The van der Waals surface area contributed by atoms with Gasteiger partial charge in [0, 0.05) is 16.4 Å². The van der Waals surface area contributed by atoms with Crippen molar-refractivity contribution in [2.75, 3.05) is 18.4 Å². The van der Waals surface area contributed by atoms with Crippen LogP contribution in [0.5, 0.6) is 0 Å². The van der Waals surface area contributed by atoms with Gasteiger partial charge in [-0.2, -0.15) is 0 Å². The SMILES string of the molecule is O=C(CN1C[C@@]2(C[C@@H]2F)c2cc(Br)cc(F)c2C1=O)Nc1ncc(F)cn1. The summed E-state index contributed by atoms with van der Waals surface area (Å²) in [7, 11) is 0. The number of hydrogen-bond donors (Lipinski definition) is 1.